The highest BCUT2D eigenvalue weighted by molar-refractivity contribution is 5.94. The number of rotatable bonds is 7. The van der Waals surface area contributed by atoms with Crippen LogP contribution >= 0.6 is 0 Å². The molecule has 0 radical (unpaired) electrons. The van der Waals surface area contributed by atoms with Gasteiger partial charge in [0.15, 0.2) is 11.5 Å². The molecule has 4 aromatic rings. The summed E-state index contributed by atoms with van der Waals surface area (Å²) in [6.45, 7) is 0. The van der Waals surface area contributed by atoms with Crippen molar-refractivity contribution in [3.8, 4) is 28.4 Å². The summed E-state index contributed by atoms with van der Waals surface area (Å²) < 4.78 is 18.8. The standard InChI is InChI=1S/C27H18FNO6/c28-21-11-8-18(9-12-21)19-10-13-22(27(31)32)20(16-19)7-5-17-6-14-25(23(15-17)29(33)34)35-26-4-2-1-3-24(26)30/h1-16,30H,(H,31,32)/b7-5+. The largest absolute Gasteiger partial charge is 0.504 e. The van der Waals surface area contributed by atoms with E-state index in [1.54, 1.807) is 54.6 Å². The number of phenolic OH excluding ortho intramolecular Hbond substituents is 1. The van der Waals surface area contributed by atoms with Crippen LogP contribution in [0.25, 0.3) is 23.3 Å². The van der Waals surface area contributed by atoms with Crippen molar-refractivity contribution in [3.05, 3.63) is 118 Å². The van der Waals surface area contributed by atoms with Crippen LogP contribution < -0.4 is 4.74 Å². The summed E-state index contributed by atoms with van der Waals surface area (Å²) in [4.78, 5) is 22.7. The first-order chi connectivity index (χ1) is 16.8. The van der Waals surface area contributed by atoms with Crippen LogP contribution in [0, 0.1) is 15.9 Å². The quantitative estimate of drug-likeness (QED) is 0.175. The summed E-state index contributed by atoms with van der Waals surface area (Å²) in [6, 6.07) is 20.9. The van der Waals surface area contributed by atoms with Gasteiger partial charge in [-0.05, 0) is 64.7 Å². The number of nitro benzene ring substituents is 1. The number of aromatic carboxylic acids is 1. The number of para-hydroxylation sites is 2. The van der Waals surface area contributed by atoms with Crippen LogP contribution in [0.2, 0.25) is 0 Å². The summed E-state index contributed by atoms with van der Waals surface area (Å²) in [5.41, 5.74) is 1.92. The maximum absolute atomic E-state index is 13.3. The molecule has 35 heavy (non-hydrogen) atoms. The molecule has 0 saturated carbocycles. The maximum Gasteiger partial charge on any atom is 0.336 e. The van der Waals surface area contributed by atoms with Crippen molar-refractivity contribution in [3.63, 3.8) is 0 Å². The van der Waals surface area contributed by atoms with Gasteiger partial charge in [0, 0.05) is 6.07 Å². The first-order valence-corrected chi connectivity index (χ1v) is 10.4. The number of halogens is 1. The number of hydrogen-bond acceptors (Lipinski definition) is 5. The van der Waals surface area contributed by atoms with E-state index in [9.17, 15) is 29.5 Å². The molecular formula is C27H18FNO6. The van der Waals surface area contributed by atoms with Crippen LogP contribution in [0.5, 0.6) is 17.2 Å². The second-order valence-electron chi connectivity index (χ2n) is 7.50. The summed E-state index contributed by atoms with van der Waals surface area (Å²) in [6.07, 6.45) is 3.09. The molecule has 0 saturated heterocycles. The Labute approximate surface area is 199 Å². The van der Waals surface area contributed by atoms with Gasteiger partial charge in [0.05, 0.1) is 10.5 Å². The molecule has 0 unspecified atom stereocenters. The Balaban J connectivity index is 1.68. The minimum atomic E-state index is -1.13. The van der Waals surface area contributed by atoms with Gasteiger partial charge in [0.1, 0.15) is 5.82 Å². The van der Waals surface area contributed by atoms with Crippen molar-refractivity contribution in [2.24, 2.45) is 0 Å². The lowest BCUT2D eigenvalue weighted by molar-refractivity contribution is -0.385. The number of phenols is 1. The molecule has 0 spiro atoms. The molecule has 0 fully saturated rings. The Morgan fingerprint density at radius 3 is 2.29 bits per heavy atom. The molecule has 0 amide bonds. The fourth-order valence-corrected chi connectivity index (χ4v) is 3.43. The van der Waals surface area contributed by atoms with E-state index >= 15 is 0 Å². The number of nitrogens with zero attached hydrogens (tertiary/aromatic N) is 1. The lowest BCUT2D eigenvalue weighted by Crippen LogP contribution is -1.99. The zero-order valence-electron chi connectivity index (χ0n) is 18.1. The average molecular weight is 471 g/mol. The molecule has 0 aromatic heterocycles. The zero-order valence-corrected chi connectivity index (χ0v) is 18.1. The summed E-state index contributed by atoms with van der Waals surface area (Å²) in [5, 5.41) is 31.1. The Hall–Kier alpha value is -4.98. The third kappa shape index (κ3) is 5.33. The van der Waals surface area contributed by atoms with Gasteiger partial charge in [-0.3, -0.25) is 10.1 Å². The average Bonchev–Trinajstić information content (AvgIpc) is 2.84. The third-order valence-electron chi connectivity index (χ3n) is 5.18. The van der Waals surface area contributed by atoms with E-state index in [0.29, 0.717) is 22.3 Å². The van der Waals surface area contributed by atoms with E-state index in [1.807, 2.05) is 0 Å². The van der Waals surface area contributed by atoms with Crippen LogP contribution in [0.3, 0.4) is 0 Å². The lowest BCUT2D eigenvalue weighted by atomic mass is 9.98. The first-order valence-electron chi connectivity index (χ1n) is 10.4. The number of nitro groups is 1. The van der Waals surface area contributed by atoms with E-state index in [4.69, 9.17) is 4.74 Å². The monoisotopic (exact) mass is 471 g/mol. The third-order valence-corrected chi connectivity index (χ3v) is 5.18. The Morgan fingerprint density at radius 1 is 0.886 bits per heavy atom. The van der Waals surface area contributed by atoms with E-state index in [0.717, 1.165) is 0 Å². The molecule has 4 rings (SSSR count). The number of aromatic hydroxyl groups is 1. The molecule has 7 nitrogen and oxygen atoms in total. The maximum atomic E-state index is 13.3. The van der Waals surface area contributed by atoms with Gasteiger partial charge in [-0.25, -0.2) is 9.18 Å². The minimum absolute atomic E-state index is 0.0427. The predicted octanol–water partition coefficient (Wildman–Crippen LogP) is 6.77. The van der Waals surface area contributed by atoms with Gasteiger partial charge >= 0.3 is 11.7 Å². The van der Waals surface area contributed by atoms with Gasteiger partial charge in [-0.15, -0.1) is 0 Å². The lowest BCUT2D eigenvalue weighted by Gasteiger charge is -2.09. The molecule has 0 aliphatic carbocycles. The summed E-state index contributed by atoms with van der Waals surface area (Å²) >= 11 is 0. The Bertz CT molecular complexity index is 1450. The molecule has 8 heteroatoms. The van der Waals surface area contributed by atoms with Crippen molar-refractivity contribution in [1.82, 2.24) is 0 Å². The highest BCUT2D eigenvalue weighted by Gasteiger charge is 2.18. The van der Waals surface area contributed by atoms with Gasteiger partial charge in [0.2, 0.25) is 5.75 Å². The van der Waals surface area contributed by atoms with Crippen molar-refractivity contribution in [1.29, 1.82) is 0 Å². The smallest absolute Gasteiger partial charge is 0.336 e. The normalized spacial score (nSPS) is 10.9. The van der Waals surface area contributed by atoms with Crippen molar-refractivity contribution >= 4 is 23.8 Å². The van der Waals surface area contributed by atoms with Gasteiger partial charge in [0.25, 0.3) is 0 Å². The van der Waals surface area contributed by atoms with Crippen LogP contribution in [0.15, 0.2) is 84.9 Å². The van der Waals surface area contributed by atoms with Crippen molar-refractivity contribution < 1.29 is 29.1 Å². The molecule has 2 N–H and O–H groups in total. The minimum Gasteiger partial charge on any atom is -0.504 e. The number of carboxylic acids is 1. The fourth-order valence-electron chi connectivity index (χ4n) is 3.43. The molecule has 0 bridgehead atoms. The fraction of sp³-hybridized carbons (Fsp3) is 0. The molecule has 0 aliphatic heterocycles. The van der Waals surface area contributed by atoms with Crippen molar-refractivity contribution in [2.45, 2.75) is 0 Å². The topological polar surface area (TPSA) is 110 Å². The SMILES string of the molecule is O=C(O)c1ccc(-c2ccc(F)cc2)cc1/C=C/c1ccc(Oc2ccccc2O)c([N+](=O)[O-])c1. The van der Waals surface area contributed by atoms with Gasteiger partial charge in [-0.2, -0.15) is 0 Å². The Kier molecular flexibility index (Phi) is 6.55. The molecule has 4 aromatic carbocycles. The van der Waals surface area contributed by atoms with Crippen LogP contribution in [-0.2, 0) is 0 Å². The number of carboxylic acid groups (broad SMARTS) is 1. The summed E-state index contributed by atoms with van der Waals surface area (Å²) in [5.74, 6) is -1.66. The number of ether oxygens (including phenoxy) is 1. The molecule has 0 heterocycles. The Morgan fingerprint density at radius 2 is 1.60 bits per heavy atom. The molecule has 0 aliphatic rings. The van der Waals surface area contributed by atoms with E-state index in [-0.39, 0.29) is 34.3 Å². The highest BCUT2D eigenvalue weighted by atomic mass is 19.1. The van der Waals surface area contributed by atoms with Crippen molar-refractivity contribution in [2.75, 3.05) is 0 Å². The predicted molar refractivity (Wildman–Crippen MR) is 129 cm³/mol. The second kappa shape index (κ2) is 9.88. The van der Waals surface area contributed by atoms with Crippen LogP contribution in [-0.4, -0.2) is 21.1 Å². The first kappa shape index (κ1) is 23.2. The number of hydrogen-bond donors (Lipinski definition) is 2. The molecule has 174 valence electrons. The van der Waals surface area contributed by atoms with Gasteiger partial charge in [-0.1, -0.05) is 48.6 Å². The number of carbonyl (C=O) groups is 1. The summed E-state index contributed by atoms with van der Waals surface area (Å²) in [7, 11) is 0. The van der Waals surface area contributed by atoms with E-state index < -0.39 is 10.9 Å². The van der Waals surface area contributed by atoms with Crippen LogP contribution in [0.4, 0.5) is 10.1 Å². The molecular weight excluding hydrogens is 453 g/mol. The zero-order chi connectivity index (χ0) is 24.9. The number of benzene rings is 4. The van der Waals surface area contributed by atoms with E-state index in [2.05, 4.69) is 0 Å². The molecule has 0 atom stereocenters. The van der Waals surface area contributed by atoms with Gasteiger partial charge < -0.3 is 14.9 Å². The van der Waals surface area contributed by atoms with Crippen LogP contribution in [0.1, 0.15) is 21.5 Å². The van der Waals surface area contributed by atoms with E-state index in [1.165, 1.54) is 42.5 Å². The second-order valence-corrected chi connectivity index (χ2v) is 7.50. The highest BCUT2D eigenvalue weighted by Crippen LogP contribution is 2.36.